The topological polar surface area (TPSA) is 80.0 Å². The molecule has 3 rings (SSSR count). The first-order valence-electron chi connectivity index (χ1n) is 7.20. The van der Waals surface area contributed by atoms with Crippen LogP contribution in [0.4, 0.5) is 5.95 Å². The Labute approximate surface area is 133 Å². The third kappa shape index (κ3) is 3.55. The van der Waals surface area contributed by atoms with Crippen molar-refractivity contribution in [3.05, 3.63) is 65.7 Å². The molecule has 0 atom stereocenters. The van der Waals surface area contributed by atoms with Crippen molar-refractivity contribution in [2.24, 2.45) is 0 Å². The fraction of sp³-hybridized carbons (Fsp3) is 0.118. The first-order chi connectivity index (χ1) is 11.3. The summed E-state index contributed by atoms with van der Waals surface area (Å²) in [6.45, 7) is 0.499. The molecule has 3 aromatic rings. The van der Waals surface area contributed by atoms with Crippen LogP contribution >= 0.6 is 0 Å². The van der Waals surface area contributed by atoms with Crippen molar-refractivity contribution in [1.82, 2.24) is 15.5 Å². The van der Waals surface area contributed by atoms with Gasteiger partial charge in [-0.3, -0.25) is 4.79 Å². The molecule has 0 spiro atoms. The Morgan fingerprint density at radius 1 is 1.13 bits per heavy atom. The van der Waals surface area contributed by atoms with Gasteiger partial charge in [-0.05, 0) is 35.0 Å². The number of hydrogen-bond donors (Lipinski definition) is 2. The summed E-state index contributed by atoms with van der Waals surface area (Å²) in [6, 6.07) is 16.9. The van der Waals surface area contributed by atoms with Crippen molar-refractivity contribution in [3.8, 4) is 11.5 Å². The summed E-state index contributed by atoms with van der Waals surface area (Å²) < 4.78 is 5.23. The normalized spacial score (nSPS) is 10.3. The molecule has 6 nitrogen and oxygen atoms in total. The van der Waals surface area contributed by atoms with Gasteiger partial charge in [0.25, 0.3) is 17.7 Å². The zero-order chi connectivity index (χ0) is 16.1. The highest BCUT2D eigenvalue weighted by Gasteiger charge is 2.08. The summed E-state index contributed by atoms with van der Waals surface area (Å²) in [5.74, 6) is 0.763. The van der Waals surface area contributed by atoms with E-state index in [1.165, 1.54) is 0 Å². The third-order valence-corrected chi connectivity index (χ3v) is 3.31. The van der Waals surface area contributed by atoms with Crippen LogP contribution in [0, 0.1) is 0 Å². The van der Waals surface area contributed by atoms with Gasteiger partial charge < -0.3 is 15.2 Å². The molecule has 116 valence electrons. The second-order valence-corrected chi connectivity index (χ2v) is 4.92. The smallest absolute Gasteiger partial charge is 0.264 e. The number of hydrogen-bond acceptors (Lipinski definition) is 5. The van der Waals surface area contributed by atoms with Crippen LogP contribution in [-0.4, -0.2) is 23.1 Å². The van der Waals surface area contributed by atoms with E-state index >= 15 is 0 Å². The number of benzene rings is 2. The predicted molar refractivity (Wildman–Crippen MR) is 86.9 cm³/mol. The first kappa shape index (κ1) is 14.8. The van der Waals surface area contributed by atoms with Crippen LogP contribution in [0.2, 0.25) is 0 Å². The lowest BCUT2D eigenvalue weighted by molar-refractivity contribution is 0.0963. The van der Waals surface area contributed by atoms with Crippen LogP contribution < -0.4 is 10.6 Å². The van der Waals surface area contributed by atoms with Crippen LogP contribution in [0.3, 0.4) is 0 Å². The van der Waals surface area contributed by atoms with E-state index in [4.69, 9.17) is 4.52 Å². The lowest BCUT2D eigenvalue weighted by Gasteiger charge is -2.04. The van der Waals surface area contributed by atoms with Gasteiger partial charge >= 0.3 is 0 Å². The monoisotopic (exact) mass is 308 g/mol. The number of amides is 1. The molecule has 1 amide bonds. The molecule has 0 aliphatic rings. The van der Waals surface area contributed by atoms with E-state index in [0.29, 0.717) is 23.9 Å². The summed E-state index contributed by atoms with van der Waals surface area (Å²) in [5.41, 5.74) is 2.44. The molecule has 0 aliphatic heterocycles. The Balaban J connectivity index is 1.67. The minimum atomic E-state index is -0.113. The Morgan fingerprint density at radius 2 is 1.96 bits per heavy atom. The zero-order valence-electron chi connectivity index (χ0n) is 12.6. The Bertz CT molecular complexity index is 799. The molecule has 1 heterocycles. The number of anilines is 1. The van der Waals surface area contributed by atoms with Crippen LogP contribution in [0.5, 0.6) is 0 Å². The van der Waals surface area contributed by atoms with Crippen LogP contribution in [0.25, 0.3) is 11.5 Å². The van der Waals surface area contributed by atoms with Gasteiger partial charge in [-0.25, -0.2) is 0 Å². The molecule has 1 aromatic heterocycles. The van der Waals surface area contributed by atoms with Gasteiger partial charge in [-0.1, -0.05) is 30.3 Å². The Morgan fingerprint density at radius 3 is 2.74 bits per heavy atom. The summed E-state index contributed by atoms with van der Waals surface area (Å²) in [7, 11) is 1.61. The second kappa shape index (κ2) is 6.74. The van der Waals surface area contributed by atoms with E-state index < -0.39 is 0 Å². The average molecular weight is 308 g/mol. The average Bonchev–Trinajstić information content (AvgIpc) is 3.09. The Hall–Kier alpha value is -3.15. The molecule has 0 saturated carbocycles. The summed E-state index contributed by atoms with van der Waals surface area (Å²) >= 11 is 0. The lowest BCUT2D eigenvalue weighted by atomic mass is 10.1. The number of nitrogens with one attached hydrogen (secondary N) is 2. The minimum Gasteiger partial charge on any atom is -0.355 e. The van der Waals surface area contributed by atoms with Gasteiger partial charge in [0.05, 0.1) is 0 Å². The molecule has 23 heavy (non-hydrogen) atoms. The Kier molecular flexibility index (Phi) is 4.33. The van der Waals surface area contributed by atoms with Gasteiger partial charge in [0.15, 0.2) is 0 Å². The van der Waals surface area contributed by atoms with E-state index in [9.17, 15) is 4.79 Å². The maximum absolute atomic E-state index is 11.6. The van der Waals surface area contributed by atoms with Crippen molar-refractivity contribution in [1.29, 1.82) is 0 Å². The number of nitrogens with zero attached hydrogens (tertiary/aromatic N) is 2. The fourth-order valence-electron chi connectivity index (χ4n) is 2.14. The van der Waals surface area contributed by atoms with Crippen molar-refractivity contribution in [3.63, 3.8) is 0 Å². The predicted octanol–water partition coefficient (Wildman–Crippen LogP) is 2.71. The SMILES string of the molecule is CNC(=O)c1cccc(CNc2noc(-c3ccccc3)n2)c1. The highest BCUT2D eigenvalue weighted by Crippen LogP contribution is 2.18. The van der Waals surface area contributed by atoms with Gasteiger partial charge in [-0.2, -0.15) is 4.98 Å². The van der Waals surface area contributed by atoms with Crippen molar-refractivity contribution in [2.75, 3.05) is 12.4 Å². The molecule has 0 saturated heterocycles. The van der Waals surface area contributed by atoms with E-state index in [-0.39, 0.29) is 5.91 Å². The summed E-state index contributed by atoms with van der Waals surface area (Å²) in [5, 5.41) is 9.60. The second-order valence-electron chi connectivity index (χ2n) is 4.92. The van der Waals surface area contributed by atoms with Crippen LogP contribution in [-0.2, 0) is 6.54 Å². The quantitative estimate of drug-likeness (QED) is 0.757. The van der Waals surface area contributed by atoms with E-state index in [0.717, 1.165) is 11.1 Å². The fourth-order valence-corrected chi connectivity index (χ4v) is 2.14. The zero-order valence-corrected chi connectivity index (χ0v) is 12.6. The minimum absolute atomic E-state index is 0.113. The molecule has 0 fully saturated rings. The van der Waals surface area contributed by atoms with Gasteiger partial charge in [-0.15, -0.1) is 0 Å². The molecule has 0 radical (unpaired) electrons. The maximum atomic E-state index is 11.6. The lowest BCUT2D eigenvalue weighted by Crippen LogP contribution is -2.18. The highest BCUT2D eigenvalue weighted by atomic mass is 16.5. The first-order valence-corrected chi connectivity index (χ1v) is 7.20. The van der Waals surface area contributed by atoms with E-state index in [1.54, 1.807) is 13.1 Å². The molecule has 6 heteroatoms. The number of carbonyl (C=O) groups excluding carboxylic acids is 1. The molecule has 0 aliphatic carbocycles. The molecule has 0 bridgehead atoms. The number of aromatic nitrogens is 2. The standard InChI is InChI=1S/C17H16N4O2/c1-18-15(22)14-9-5-6-12(10-14)11-19-17-20-16(23-21-17)13-7-3-2-4-8-13/h2-10H,11H2,1H3,(H,18,22)(H,19,21). The highest BCUT2D eigenvalue weighted by molar-refractivity contribution is 5.94. The molecule has 2 aromatic carbocycles. The number of carbonyl (C=O) groups is 1. The maximum Gasteiger partial charge on any atom is 0.264 e. The van der Waals surface area contributed by atoms with Gasteiger partial charge in [0, 0.05) is 24.7 Å². The van der Waals surface area contributed by atoms with Crippen molar-refractivity contribution < 1.29 is 9.32 Å². The molecule has 0 unspecified atom stereocenters. The van der Waals surface area contributed by atoms with Gasteiger partial charge in [0.2, 0.25) is 0 Å². The van der Waals surface area contributed by atoms with Gasteiger partial charge in [0.1, 0.15) is 0 Å². The van der Waals surface area contributed by atoms with Crippen LogP contribution in [0.15, 0.2) is 59.1 Å². The summed E-state index contributed by atoms with van der Waals surface area (Å²) in [4.78, 5) is 15.9. The van der Waals surface area contributed by atoms with E-state index in [1.807, 2.05) is 48.5 Å². The molecular formula is C17H16N4O2. The third-order valence-electron chi connectivity index (χ3n) is 3.31. The number of rotatable bonds is 5. The van der Waals surface area contributed by atoms with Crippen molar-refractivity contribution in [2.45, 2.75) is 6.54 Å². The largest absolute Gasteiger partial charge is 0.355 e. The van der Waals surface area contributed by atoms with Crippen LogP contribution in [0.1, 0.15) is 15.9 Å². The molecular weight excluding hydrogens is 292 g/mol. The summed E-state index contributed by atoms with van der Waals surface area (Å²) in [6.07, 6.45) is 0. The van der Waals surface area contributed by atoms with E-state index in [2.05, 4.69) is 20.8 Å². The molecule has 2 N–H and O–H groups in total. The van der Waals surface area contributed by atoms with Crippen molar-refractivity contribution >= 4 is 11.9 Å².